The van der Waals surface area contributed by atoms with E-state index >= 15 is 0 Å². The maximum atomic E-state index is 5.77. The molecular weight excluding hydrogens is 266 g/mol. The molecule has 1 heterocycles. The summed E-state index contributed by atoms with van der Waals surface area (Å²) < 4.78 is 10.8. The molecule has 3 N–H and O–H groups in total. The van der Waals surface area contributed by atoms with Gasteiger partial charge in [-0.15, -0.1) is 0 Å². The molecule has 0 fully saturated rings. The maximum Gasteiger partial charge on any atom is 0.146 e. The molecule has 0 amide bonds. The monoisotopic (exact) mass is 283 g/mol. The third kappa shape index (κ3) is 3.08. The number of methoxy groups -OCH3 is 1. The highest BCUT2D eigenvalue weighted by Gasteiger charge is 2.14. The van der Waals surface area contributed by atoms with Crippen molar-refractivity contribution < 1.29 is 9.47 Å². The Morgan fingerprint density at radius 1 is 1.24 bits per heavy atom. The molecule has 2 aromatic carbocycles. The molecule has 1 aliphatic heterocycles. The van der Waals surface area contributed by atoms with E-state index in [1.54, 1.807) is 7.11 Å². The van der Waals surface area contributed by atoms with Gasteiger partial charge in [-0.1, -0.05) is 12.1 Å². The highest BCUT2D eigenvalue weighted by Crippen LogP contribution is 2.29. The van der Waals surface area contributed by atoms with Gasteiger partial charge in [-0.25, -0.2) is 0 Å². The van der Waals surface area contributed by atoms with Gasteiger partial charge in [0.15, 0.2) is 0 Å². The first kappa shape index (κ1) is 13.3. The van der Waals surface area contributed by atoms with Gasteiger partial charge in [0.2, 0.25) is 0 Å². The fourth-order valence-corrected chi connectivity index (χ4v) is 2.11. The van der Waals surface area contributed by atoms with Crippen LogP contribution in [0.3, 0.4) is 0 Å². The molecule has 5 heteroatoms. The molecule has 0 atom stereocenters. The molecular formula is C16H17N3O2. The number of nitrogens with one attached hydrogen (secondary N) is 1. The summed E-state index contributed by atoms with van der Waals surface area (Å²) in [6.45, 7) is 1.03. The Hall–Kier alpha value is -2.69. The quantitative estimate of drug-likeness (QED) is 0.850. The smallest absolute Gasteiger partial charge is 0.146 e. The SMILES string of the molecule is COc1ccc(CN=C2COc3ccc(N)cc3N2)cc1. The van der Waals surface area contributed by atoms with Gasteiger partial charge in [-0.3, -0.25) is 4.99 Å². The Bertz CT molecular complexity index is 666. The van der Waals surface area contributed by atoms with E-state index in [0.717, 1.165) is 28.6 Å². The summed E-state index contributed by atoms with van der Waals surface area (Å²) in [5.41, 5.74) is 8.44. The summed E-state index contributed by atoms with van der Waals surface area (Å²) in [4.78, 5) is 4.54. The lowest BCUT2D eigenvalue weighted by atomic mass is 10.2. The maximum absolute atomic E-state index is 5.77. The van der Waals surface area contributed by atoms with Crippen molar-refractivity contribution in [1.29, 1.82) is 0 Å². The predicted molar refractivity (Wildman–Crippen MR) is 84.1 cm³/mol. The molecule has 0 aliphatic carbocycles. The van der Waals surface area contributed by atoms with Crippen LogP contribution in [0.1, 0.15) is 5.56 Å². The van der Waals surface area contributed by atoms with Crippen LogP contribution in [0.5, 0.6) is 11.5 Å². The molecule has 0 unspecified atom stereocenters. The fourth-order valence-electron chi connectivity index (χ4n) is 2.11. The number of anilines is 2. The van der Waals surface area contributed by atoms with Crippen molar-refractivity contribution in [2.75, 3.05) is 24.8 Å². The number of amidine groups is 1. The summed E-state index contributed by atoms with van der Waals surface area (Å²) in [6.07, 6.45) is 0. The van der Waals surface area contributed by atoms with Gasteiger partial charge in [-0.05, 0) is 35.9 Å². The number of hydrogen-bond acceptors (Lipinski definition) is 4. The standard InChI is InChI=1S/C16H17N3O2/c1-20-13-5-2-11(3-6-13)9-18-16-10-21-15-7-4-12(17)8-14(15)19-16/h2-8H,9-10,17H2,1H3,(H,18,19). The zero-order valence-electron chi connectivity index (χ0n) is 11.8. The van der Waals surface area contributed by atoms with Crippen LogP contribution in [0.15, 0.2) is 47.5 Å². The van der Waals surface area contributed by atoms with Crippen molar-refractivity contribution >= 4 is 17.2 Å². The summed E-state index contributed by atoms with van der Waals surface area (Å²) in [7, 11) is 1.65. The molecule has 0 saturated carbocycles. The average molecular weight is 283 g/mol. The number of nitrogen functional groups attached to an aromatic ring is 1. The Kier molecular flexibility index (Phi) is 3.64. The first-order valence-electron chi connectivity index (χ1n) is 6.70. The highest BCUT2D eigenvalue weighted by atomic mass is 16.5. The van der Waals surface area contributed by atoms with Crippen LogP contribution in [-0.2, 0) is 6.54 Å². The largest absolute Gasteiger partial charge is 0.497 e. The van der Waals surface area contributed by atoms with Gasteiger partial charge < -0.3 is 20.5 Å². The van der Waals surface area contributed by atoms with E-state index in [1.165, 1.54) is 0 Å². The number of hydrogen-bond donors (Lipinski definition) is 2. The molecule has 0 spiro atoms. The Morgan fingerprint density at radius 3 is 2.81 bits per heavy atom. The number of benzene rings is 2. The molecule has 0 aromatic heterocycles. The number of ether oxygens (including phenoxy) is 2. The third-order valence-electron chi connectivity index (χ3n) is 3.26. The molecule has 5 nitrogen and oxygen atoms in total. The van der Waals surface area contributed by atoms with Crippen molar-refractivity contribution in [3.05, 3.63) is 48.0 Å². The van der Waals surface area contributed by atoms with Gasteiger partial charge in [0, 0.05) is 5.69 Å². The molecule has 0 saturated heterocycles. The van der Waals surface area contributed by atoms with Gasteiger partial charge in [-0.2, -0.15) is 0 Å². The van der Waals surface area contributed by atoms with Crippen molar-refractivity contribution in [3.63, 3.8) is 0 Å². The van der Waals surface area contributed by atoms with Crippen LogP contribution in [0, 0.1) is 0 Å². The number of nitrogens with zero attached hydrogens (tertiary/aromatic N) is 1. The van der Waals surface area contributed by atoms with Crippen LogP contribution >= 0.6 is 0 Å². The first-order chi connectivity index (χ1) is 10.2. The van der Waals surface area contributed by atoms with Crippen LogP contribution in [0.2, 0.25) is 0 Å². The number of rotatable bonds is 3. The Labute approximate surface area is 123 Å². The summed E-state index contributed by atoms with van der Waals surface area (Å²) in [5, 5.41) is 3.25. The van der Waals surface area contributed by atoms with Crippen LogP contribution in [0.25, 0.3) is 0 Å². The summed E-state index contributed by atoms with van der Waals surface area (Å²) in [5.74, 6) is 2.44. The highest BCUT2D eigenvalue weighted by molar-refractivity contribution is 5.99. The van der Waals surface area contributed by atoms with Gasteiger partial charge in [0.25, 0.3) is 0 Å². The zero-order valence-corrected chi connectivity index (χ0v) is 11.8. The van der Waals surface area contributed by atoms with Gasteiger partial charge >= 0.3 is 0 Å². The van der Waals surface area contributed by atoms with E-state index in [2.05, 4.69) is 10.3 Å². The lowest BCUT2D eigenvalue weighted by Gasteiger charge is -2.21. The van der Waals surface area contributed by atoms with Crippen molar-refractivity contribution in [1.82, 2.24) is 0 Å². The number of aliphatic imine (C=N–C) groups is 1. The fraction of sp³-hybridized carbons (Fsp3) is 0.188. The topological polar surface area (TPSA) is 68.9 Å². The van der Waals surface area contributed by atoms with E-state index in [1.807, 2.05) is 42.5 Å². The lowest BCUT2D eigenvalue weighted by molar-refractivity contribution is 0.372. The van der Waals surface area contributed by atoms with E-state index in [9.17, 15) is 0 Å². The molecule has 2 aromatic rings. The molecule has 1 aliphatic rings. The minimum absolute atomic E-state index is 0.438. The predicted octanol–water partition coefficient (Wildman–Crippen LogP) is 2.68. The molecule has 108 valence electrons. The van der Waals surface area contributed by atoms with Crippen molar-refractivity contribution in [2.45, 2.75) is 6.54 Å². The lowest BCUT2D eigenvalue weighted by Crippen LogP contribution is -2.26. The van der Waals surface area contributed by atoms with E-state index in [4.69, 9.17) is 15.2 Å². The molecule has 0 radical (unpaired) electrons. The number of nitrogens with two attached hydrogens (primary N) is 1. The first-order valence-corrected chi connectivity index (χ1v) is 6.70. The summed E-state index contributed by atoms with van der Waals surface area (Å²) in [6, 6.07) is 13.4. The van der Waals surface area contributed by atoms with E-state index < -0.39 is 0 Å². The molecule has 21 heavy (non-hydrogen) atoms. The van der Waals surface area contributed by atoms with Crippen molar-refractivity contribution in [2.24, 2.45) is 4.99 Å². The zero-order chi connectivity index (χ0) is 14.7. The van der Waals surface area contributed by atoms with E-state index in [-0.39, 0.29) is 0 Å². The van der Waals surface area contributed by atoms with Crippen LogP contribution in [0.4, 0.5) is 11.4 Å². The Morgan fingerprint density at radius 2 is 2.05 bits per heavy atom. The average Bonchev–Trinajstić information content (AvgIpc) is 2.53. The third-order valence-corrected chi connectivity index (χ3v) is 3.26. The normalized spacial score (nSPS) is 15.0. The second kappa shape index (κ2) is 5.75. The second-order valence-corrected chi connectivity index (χ2v) is 4.78. The van der Waals surface area contributed by atoms with E-state index in [0.29, 0.717) is 18.8 Å². The minimum Gasteiger partial charge on any atom is -0.497 e. The van der Waals surface area contributed by atoms with Crippen LogP contribution < -0.4 is 20.5 Å². The second-order valence-electron chi connectivity index (χ2n) is 4.78. The minimum atomic E-state index is 0.438. The van der Waals surface area contributed by atoms with Gasteiger partial charge in [0.1, 0.15) is 23.9 Å². The number of fused-ring (bicyclic) bond motifs is 1. The molecule has 3 rings (SSSR count). The van der Waals surface area contributed by atoms with Crippen LogP contribution in [-0.4, -0.2) is 19.6 Å². The van der Waals surface area contributed by atoms with Gasteiger partial charge in [0.05, 0.1) is 19.3 Å². The Balaban J connectivity index is 1.70. The molecule has 0 bridgehead atoms. The summed E-state index contributed by atoms with van der Waals surface area (Å²) >= 11 is 0. The van der Waals surface area contributed by atoms with Crippen molar-refractivity contribution in [3.8, 4) is 11.5 Å².